The van der Waals surface area contributed by atoms with Crippen LogP contribution in [0.15, 0.2) is 30.0 Å². The molecule has 1 heterocycles. The number of Topliss-reactive ketones (excluding diaryl/α,β-unsaturated/α-hetero) is 2. The lowest BCUT2D eigenvalue weighted by atomic mass is 9.89. The largest absolute Gasteiger partial charge is 0.394 e. The summed E-state index contributed by atoms with van der Waals surface area (Å²) < 4.78 is 0. The van der Waals surface area contributed by atoms with Gasteiger partial charge < -0.3 is 15.6 Å². The van der Waals surface area contributed by atoms with E-state index in [-0.39, 0.29) is 11.7 Å². The number of allylic oxidation sites excluding steroid dienone is 1. The summed E-state index contributed by atoms with van der Waals surface area (Å²) in [5, 5.41) is 1.59. The fourth-order valence-corrected chi connectivity index (χ4v) is 3.12. The van der Waals surface area contributed by atoms with E-state index in [1.807, 2.05) is 6.07 Å². The summed E-state index contributed by atoms with van der Waals surface area (Å²) in [6.07, 6.45) is 1.79. The molecule has 0 atom stereocenters. The van der Waals surface area contributed by atoms with Crippen LogP contribution >= 0.6 is 0 Å². The minimum Gasteiger partial charge on any atom is -0.394 e. The Balaban J connectivity index is 2.00. The molecule has 22 heavy (non-hydrogen) atoms. The Morgan fingerprint density at radius 3 is 2.32 bits per heavy atom. The second kappa shape index (κ2) is 5.55. The molecule has 4 N–H and O–H groups in total. The summed E-state index contributed by atoms with van der Waals surface area (Å²) in [6.45, 7) is 1.89. The van der Waals surface area contributed by atoms with E-state index in [1.54, 1.807) is 23.2 Å². The second-order valence-corrected chi connectivity index (χ2v) is 5.91. The van der Waals surface area contributed by atoms with Crippen LogP contribution in [-0.2, 0) is 4.79 Å². The third-order valence-electron chi connectivity index (χ3n) is 4.47. The number of likely N-dealkylation sites (tertiary alicyclic amines) is 1. The van der Waals surface area contributed by atoms with Crippen LogP contribution in [0.3, 0.4) is 0 Å². The van der Waals surface area contributed by atoms with Gasteiger partial charge in [0.25, 0.3) is 5.78 Å². The summed E-state index contributed by atoms with van der Waals surface area (Å²) in [6, 6.07) is 7.09. The minimum absolute atomic E-state index is 0.0508. The molecule has 0 unspecified atom stereocenters. The lowest BCUT2D eigenvalue weighted by Crippen LogP contribution is -2.48. The first-order valence-electron chi connectivity index (χ1n) is 7.41. The van der Waals surface area contributed by atoms with E-state index in [4.69, 9.17) is 11.6 Å². The van der Waals surface area contributed by atoms with Gasteiger partial charge in [0, 0.05) is 17.2 Å². The molecule has 3 rings (SSSR count). The summed E-state index contributed by atoms with van der Waals surface area (Å²) in [4.78, 5) is 26.4. The quantitative estimate of drug-likeness (QED) is 0.465. The average molecular weight is 300 g/mol. The Morgan fingerprint density at radius 2 is 1.68 bits per heavy atom. The molecule has 0 bridgehead atoms. The molecular weight excluding hydrogens is 280 g/mol. The van der Waals surface area contributed by atoms with Gasteiger partial charge in [-0.05, 0) is 33.0 Å². The van der Waals surface area contributed by atoms with Crippen molar-refractivity contribution in [3.05, 3.63) is 41.1 Å². The fourth-order valence-electron chi connectivity index (χ4n) is 3.12. The van der Waals surface area contributed by atoms with Crippen molar-refractivity contribution in [2.45, 2.75) is 18.9 Å². The molecule has 0 radical (unpaired) electrons. The maximum absolute atomic E-state index is 12.1. The lowest BCUT2D eigenvalue weighted by molar-refractivity contribution is -0.112. The average Bonchev–Trinajstić information content (AvgIpc) is 2.53. The number of benzene rings is 1. The van der Waals surface area contributed by atoms with Crippen LogP contribution in [0.25, 0.3) is 5.70 Å². The zero-order chi connectivity index (χ0) is 15.9. The van der Waals surface area contributed by atoms with E-state index >= 15 is 0 Å². The molecule has 1 saturated heterocycles. The number of nitrogens with zero attached hydrogens (tertiary/aromatic N) is 2. The predicted octanol–water partition coefficient (Wildman–Crippen LogP) is 0.349. The van der Waals surface area contributed by atoms with Crippen molar-refractivity contribution < 1.29 is 9.59 Å². The van der Waals surface area contributed by atoms with E-state index in [1.165, 1.54) is 0 Å². The fraction of sp³-hybridized carbons (Fsp3) is 0.375. The first-order valence-corrected chi connectivity index (χ1v) is 7.41. The van der Waals surface area contributed by atoms with Crippen LogP contribution in [0.2, 0.25) is 0 Å². The molecule has 1 aliphatic heterocycles. The number of carbonyl (C=O) groups is 2. The van der Waals surface area contributed by atoms with Crippen molar-refractivity contribution in [3.63, 3.8) is 0 Å². The van der Waals surface area contributed by atoms with Crippen molar-refractivity contribution in [2.24, 2.45) is 11.6 Å². The van der Waals surface area contributed by atoms with Crippen molar-refractivity contribution in [2.75, 3.05) is 20.1 Å². The molecule has 6 nitrogen and oxygen atoms in total. The number of fused-ring (bicyclic) bond motifs is 1. The zero-order valence-electron chi connectivity index (χ0n) is 12.6. The Hall–Kier alpha value is -2.18. The number of hydrogen-bond acceptors (Lipinski definition) is 6. The standard InChI is InChI=1S/C16H20N4O2/c1-19-8-6-10(7-9-19)20(18)14-11-4-2-3-5-12(11)15(21)16(22)13(14)17/h2-5,10H,6-9,17-18H2,1H3. The van der Waals surface area contributed by atoms with Gasteiger partial charge in [-0.1, -0.05) is 24.3 Å². The molecule has 1 aromatic carbocycles. The highest BCUT2D eigenvalue weighted by Crippen LogP contribution is 2.31. The van der Waals surface area contributed by atoms with Crippen LogP contribution in [-0.4, -0.2) is 47.7 Å². The SMILES string of the molecule is CN1CCC(N(N)C2=C(N)C(=O)C(=O)c3ccccc32)CC1. The van der Waals surface area contributed by atoms with E-state index in [9.17, 15) is 9.59 Å². The molecule has 116 valence electrons. The van der Waals surface area contributed by atoms with Gasteiger partial charge in [0.2, 0.25) is 5.78 Å². The molecule has 0 amide bonds. The van der Waals surface area contributed by atoms with Gasteiger partial charge in [0.05, 0.1) is 5.70 Å². The van der Waals surface area contributed by atoms with Crippen LogP contribution in [0.1, 0.15) is 28.8 Å². The summed E-state index contributed by atoms with van der Waals surface area (Å²) in [5.41, 5.74) is 7.39. The summed E-state index contributed by atoms with van der Waals surface area (Å²) >= 11 is 0. The summed E-state index contributed by atoms with van der Waals surface area (Å²) in [5.74, 6) is 5.06. The topological polar surface area (TPSA) is 92.7 Å². The van der Waals surface area contributed by atoms with Gasteiger partial charge >= 0.3 is 0 Å². The smallest absolute Gasteiger partial charge is 0.251 e. The first-order chi connectivity index (χ1) is 10.5. The van der Waals surface area contributed by atoms with E-state index in [2.05, 4.69) is 11.9 Å². The van der Waals surface area contributed by atoms with Gasteiger partial charge in [0.15, 0.2) is 0 Å². The Bertz CT molecular complexity index is 660. The maximum atomic E-state index is 12.1. The van der Waals surface area contributed by atoms with Crippen LogP contribution in [0, 0.1) is 0 Å². The van der Waals surface area contributed by atoms with Gasteiger partial charge in [-0.25, -0.2) is 5.84 Å². The predicted molar refractivity (Wildman–Crippen MR) is 83.4 cm³/mol. The number of hydrogen-bond donors (Lipinski definition) is 2. The maximum Gasteiger partial charge on any atom is 0.251 e. The number of rotatable bonds is 2. The second-order valence-electron chi connectivity index (χ2n) is 5.91. The van der Waals surface area contributed by atoms with Crippen molar-refractivity contribution in [1.82, 2.24) is 9.91 Å². The Morgan fingerprint density at radius 1 is 1.09 bits per heavy atom. The molecule has 1 fully saturated rings. The van der Waals surface area contributed by atoms with Crippen molar-refractivity contribution in [1.29, 1.82) is 0 Å². The van der Waals surface area contributed by atoms with Gasteiger partial charge in [-0.3, -0.25) is 9.59 Å². The van der Waals surface area contributed by atoms with Gasteiger partial charge in [-0.2, -0.15) is 0 Å². The monoisotopic (exact) mass is 300 g/mol. The normalized spacial score (nSPS) is 20.3. The highest BCUT2D eigenvalue weighted by atomic mass is 16.2. The molecule has 1 aliphatic carbocycles. The minimum atomic E-state index is -0.669. The summed E-state index contributed by atoms with van der Waals surface area (Å²) in [7, 11) is 2.07. The zero-order valence-corrected chi connectivity index (χ0v) is 12.6. The number of piperidine rings is 1. The van der Waals surface area contributed by atoms with Crippen LogP contribution in [0.5, 0.6) is 0 Å². The third kappa shape index (κ3) is 2.30. The molecule has 0 saturated carbocycles. The van der Waals surface area contributed by atoms with Crippen LogP contribution < -0.4 is 11.6 Å². The first kappa shape index (κ1) is 14.7. The number of carbonyl (C=O) groups excluding carboxylic acids is 2. The number of nitrogens with two attached hydrogens (primary N) is 2. The van der Waals surface area contributed by atoms with Crippen molar-refractivity contribution >= 4 is 17.3 Å². The highest BCUT2D eigenvalue weighted by Gasteiger charge is 2.35. The number of hydrazine groups is 1. The van der Waals surface area contributed by atoms with Gasteiger partial charge in [-0.15, -0.1) is 0 Å². The molecule has 0 aromatic heterocycles. The van der Waals surface area contributed by atoms with E-state index < -0.39 is 11.6 Å². The Labute approximate surface area is 129 Å². The third-order valence-corrected chi connectivity index (χ3v) is 4.47. The van der Waals surface area contributed by atoms with Gasteiger partial charge in [0.1, 0.15) is 5.70 Å². The molecule has 1 aromatic rings. The van der Waals surface area contributed by atoms with Crippen molar-refractivity contribution in [3.8, 4) is 0 Å². The Kier molecular flexibility index (Phi) is 3.72. The lowest BCUT2D eigenvalue weighted by Gasteiger charge is -2.38. The molecular formula is C16H20N4O2. The molecule has 0 spiro atoms. The molecule has 2 aliphatic rings. The van der Waals surface area contributed by atoms with E-state index in [0.717, 1.165) is 25.9 Å². The number of ketones is 2. The molecule has 6 heteroatoms. The van der Waals surface area contributed by atoms with E-state index in [0.29, 0.717) is 16.8 Å². The highest BCUT2D eigenvalue weighted by molar-refractivity contribution is 6.52. The van der Waals surface area contributed by atoms with Crippen LogP contribution in [0.4, 0.5) is 0 Å².